The Morgan fingerprint density at radius 3 is 2.57 bits per heavy atom. The van der Waals surface area contributed by atoms with Crippen LogP contribution in [0.2, 0.25) is 0 Å². The summed E-state index contributed by atoms with van der Waals surface area (Å²) in [7, 11) is -3.35. The van der Waals surface area contributed by atoms with Crippen LogP contribution in [0.25, 0.3) is 0 Å². The number of esters is 1. The van der Waals surface area contributed by atoms with Crippen molar-refractivity contribution in [2.45, 2.75) is 32.2 Å². The number of benzene rings is 2. The Bertz CT molecular complexity index is 1020. The van der Waals surface area contributed by atoms with Gasteiger partial charge in [0, 0.05) is 6.54 Å². The van der Waals surface area contributed by atoms with E-state index in [4.69, 9.17) is 4.74 Å². The molecule has 7 nitrogen and oxygen atoms in total. The quantitative estimate of drug-likeness (QED) is 0.650. The molecule has 0 saturated carbocycles. The lowest BCUT2D eigenvalue weighted by molar-refractivity contribution is -0.125. The Kier molecular flexibility index (Phi) is 6.77. The molecule has 1 aliphatic heterocycles. The minimum absolute atomic E-state index is 0.135. The molecule has 0 spiro atoms. The fraction of sp³-hybridized carbons (Fsp3) is 0.364. The highest BCUT2D eigenvalue weighted by Crippen LogP contribution is 2.30. The van der Waals surface area contributed by atoms with Crippen molar-refractivity contribution < 1.29 is 22.7 Å². The number of rotatable bonds is 8. The average molecular weight is 431 g/mol. The van der Waals surface area contributed by atoms with Crippen LogP contribution >= 0.6 is 0 Å². The number of nitrogens with zero attached hydrogens (tertiary/aromatic N) is 1. The maximum absolute atomic E-state index is 12.4. The fourth-order valence-corrected chi connectivity index (χ4v) is 4.55. The zero-order valence-electron chi connectivity index (χ0n) is 17.1. The van der Waals surface area contributed by atoms with Gasteiger partial charge >= 0.3 is 5.97 Å². The monoisotopic (exact) mass is 430 g/mol. The van der Waals surface area contributed by atoms with Gasteiger partial charge in [0.15, 0.2) is 6.61 Å². The SMILES string of the molecule is CCCC(NC(=O)COC(=O)c1ccc2c(c1)CCN2S(C)(=O)=O)c1ccccc1. The summed E-state index contributed by atoms with van der Waals surface area (Å²) >= 11 is 0. The van der Waals surface area contributed by atoms with Crippen LogP contribution in [0.5, 0.6) is 0 Å². The topological polar surface area (TPSA) is 92.8 Å². The number of amides is 1. The Hall–Kier alpha value is -2.87. The smallest absolute Gasteiger partial charge is 0.338 e. The molecule has 1 atom stereocenters. The Morgan fingerprint density at radius 1 is 1.17 bits per heavy atom. The van der Waals surface area contributed by atoms with E-state index in [1.807, 2.05) is 37.3 Å². The van der Waals surface area contributed by atoms with Gasteiger partial charge in [0.05, 0.1) is 23.5 Å². The minimum Gasteiger partial charge on any atom is -0.452 e. The van der Waals surface area contributed by atoms with E-state index in [0.29, 0.717) is 24.2 Å². The second-order valence-corrected chi connectivity index (χ2v) is 9.23. The number of nitrogens with one attached hydrogen (secondary N) is 1. The van der Waals surface area contributed by atoms with Gasteiger partial charge in [0.2, 0.25) is 10.0 Å². The van der Waals surface area contributed by atoms with Crippen molar-refractivity contribution in [3.63, 3.8) is 0 Å². The third-order valence-corrected chi connectivity index (χ3v) is 6.20. The van der Waals surface area contributed by atoms with Crippen LogP contribution in [0.1, 0.15) is 47.3 Å². The van der Waals surface area contributed by atoms with E-state index in [2.05, 4.69) is 5.32 Å². The summed E-state index contributed by atoms with van der Waals surface area (Å²) < 4.78 is 30.1. The second-order valence-electron chi connectivity index (χ2n) is 7.32. The van der Waals surface area contributed by atoms with Crippen molar-refractivity contribution in [3.05, 3.63) is 65.2 Å². The summed E-state index contributed by atoms with van der Waals surface area (Å²) in [6.45, 7) is 2.02. The van der Waals surface area contributed by atoms with Gasteiger partial charge in [-0.2, -0.15) is 0 Å². The van der Waals surface area contributed by atoms with Crippen LogP contribution in [0.15, 0.2) is 48.5 Å². The first kappa shape index (κ1) is 21.8. The molecule has 0 aliphatic carbocycles. The zero-order chi connectivity index (χ0) is 21.7. The molecule has 0 bridgehead atoms. The average Bonchev–Trinajstić information content (AvgIpc) is 3.16. The second kappa shape index (κ2) is 9.30. The molecule has 30 heavy (non-hydrogen) atoms. The van der Waals surface area contributed by atoms with E-state index >= 15 is 0 Å². The van der Waals surface area contributed by atoms with Crippen LogP contribution < -0.4 is 9.62 Å². The summed E-state index contributed by atoms with van der Waals surface area (Å²) in [5.41, 5.74) is 2.65. The van der Waals surface area contributed by atoms with Crippen molar-refractivity contribution in [3.8, 4) is 0 Å². The van der Waals surface area contributed by atoms with Crippen LogP contribution in [-0.4, -0.2) is 39.7 Å². The number of carbonyl (C=O) groups excluding carboxylic acids is 2. The fourth-order valence-electron chi connectivity index (χ4n) is 3.59. The van der Waals surface area contributed by atoms with E-state index in [1.54, 1.807) is 12.1 Å². The van der Waals surface area contributed by atoms with E-state index < -0.39 is 16.0 Å². The van der Waals surface area contributed by atoms with Gasteiger partial charge < -0.3 is 10.1 Å². The number of carbonyl (C=O) groups is 2. The third-order valence-electron chi connectivity index (χ3n) is 5.02. The predicted octanol–water partition coefficient (Wildman–Crippen LogP) is 2.82. The first-order chi connectivity index (χ1) is 14.3. The number of fused-ring (bicyclic) bond motifs is 1. The molecule has 1 amide bonds. The Labute approximate surface area is 177 Å². The first-order valence-corrected chi connectivity index (χ1v) is 11.8. The minimum atomic E-state index is -3.35. The molecular formula is C22H26N2O5S. The molecule has 0 saturated heterocycles. The molecule has 1 N–H and O–H groups in total. The molecular weight excluding hydrogens is 404 g/mol. The highest BCUT2D eigenvalue weighted by Gasteiger charge is 2.27. The normalized spacial score (nSPS) is 14.1. The van der Waals surface area contributed by atoms with Crippen LogP contribution in [0, 0.1) is 0 Å². The van der Waals surface area contributed by atoms with Crippen molar-refractivity contribution in [1.82, 2.24) is 5.32 Å². The van der Waals surface area contributed by atoms with Crippen LogP contribution in [0.3, 0.4) is 0 Å². The van der Waals surface area contributed by atoms with Crippen molar-refractivity contribution in [2.24, 2.45) is 0 Å². The highest BCUT2D eigenvalue weighted by molar-refractivity contribution is 7.92. The predicted molar refractivity (Wildman–Crippen MR) is 115 cm³/mol. The number of sulfonamides is 1. The van der Waals surface area contributed by atoms with Gasteiger partial charge in [-0.1, -0.05) is 43.7 Å². The molecule has 160 valence electrons. The molecule has 0 fully saturated rings. The molecule has 0 aromatic heterocycles. The molecule has 8 heteroatoms. The summed E-state index contributed by atoms with van der Waals surface area (Å²) in [6, 6.07) is 14.3. The lowest BCUT2D eigenvalue weighted by atomic mass is 10.0. The van der Waals surface area contributed by atoms with Gasteiger partial charge in [0.1, 0.15) is 0 Å². The summed E-state index contributed by atoms with van der Waals surface area (Å²) in [5, 5.41) is 2.92. The largest absolute Gasteiger partial charge is 0.452 e. The van der Waals surface area contributed by atoms with Crippen LogP contribution in [0.4, 0.5) is 5.69 Å². The van der Waals surface area contributed by atoms with E-state index in [1.165, 1.54) is 10.4 Å². The Balaban J connectivity index is 1.60. The standard InChI is InChI=1S/C22H26N2O5S/c1-3-7-19(16-8-5-4-6-9-16)23-21(25)15-29-22(26)18-10-11-20-17(14-18)12-13-24(20)30(2,27)28/h4-6,8-11,14,19H,3,7,12-13,15H2,1-2H3,(H,23,25). The number of anilines is 1. The van der Waals surface area contributed by atoms with Crippen LogP contribution in [-0.2, 0) is 26.0 Å². The summed E-state index contributed by atoms with van der Waals surface area (Å²) in [6.07, 6.45) is 3.37. The lowest BCUT2D eigenvalue weighted by Crippen LogP contribution is -2.32. The van der Waals surface area contributed by atoms with E-state index in [9.17, 15) is 18.0 Å². The molecule has 1 unspecified atom stereocenters. The van der Waals surface area contributed by atoms with Crippen molar-refractivity contribution in [2.75, 3.05) is 23.7 Å². The summed E-state index contributed by atoms with van der Waals surface area (Å²) in [5.74, 6) is -0.979. The van der Waals surface area contributed by atoms with Crippen molar-refractivity contribution >= 4 is 27.6 Å². The molecule has 3 rings (SSSR count). The van der Waals surface area contributed by atoms with Gasteiger partial charge in [-0.25, -0.2) is 13.2 Å². The maximum atomic E-state index is 12.4. The van der Waals surface area contributed by atoms with Gasteiger partial charge in [-0.3, -0.25) is 9.10 Å². The van der Waals surface area contributed by atoms with Gasteiger partial charge in [-0.15, -0.1) is 0 Å². The maximum Gasteiger partial charge on any atom is 0.338 e. The first-order valence-electron chi connectivity index (χ1n) is 9.91. The molecule has 1 heterocycles. The number of hydrogen-bond acceptors (Lipinski definition) is 5. The lowest BCUT2D eigenvalue weighted by Gasteiger charge is -2.18. The third kappa shape index (κ3) is 5.18. The van der Waals surface area contributed by atoms with Gasteiger partial charge in [-0.05, 0) is 42.2 Å². The Morgan fingerprint density at radius 2 is 1.90 bits per heavy atom. The summed E-state index contributed by atoms with van der Waals surface area (Å²) in [4.78, 5) is 24.7. The molecule has 2 aromatic rings. The molecule has 0 radical (unpaired) electrons. The molecule has 1 aliphatic rings. The molecule has 2 aromatic carbocycles. The number of ether oxygens (including phenoxy) is 1. The highest BCUT2D eigenvalue weighted by atomic mass is 32.2. The van der Waals surface area contributed by atoms with Gasteiger partial charge in [0.25, 0.3) is 5.91 Å². The van der Waals surface area contributed by atoms with E-state index in [-0.39, 0.29) is 18.6 Å². The van der Waals surface area contributed by atoms with E-state index in [0.717, 1.165) is 30.2 Å². The number of hydrogen-bond donors (Lipinski definition) is 1. The zero-order valence-corrected chi connectivity index (χ0v) is 17.9. The van der Waals surface area contributed by atoms with Crippen molar-refractivity contribution in [1.29, 1.82) is 0 Å².